The largest absolute Gasteiger partial charge is 0.497 e. The van der Waals surface area contributed by atoms with Gasteiger partial charge in [-0.05, 0) is 31.5 Å². The SMILES string of the molecule is COc1cc(C#N)cc(OCC2CCCN2)c1. The molecule has 0 aliphatic carbocycles. The van der Waals surface area contributed by atoms with Crippen molar-refractivity contribution < 1.29 is 9.47 Å². The Balaban J connectivity index is 2.01. The lowest BCUT2D eigenvalue weighted by Gasteiger charge is -2.13. The summed E-state index contributed by atoms with van der Waals surface area (Å²) in [5, 5.41) is 12.3. The van der Waals surface area contributed by atoms with E-state index in [0.29, 0.717) is 29.7 Å². The number of rotatable bonds is 4. The number of nitrogens with zero attached hydrogens (tertiary/aromatic N) is 1. The summed E-state index contributed by atoms with van der Waals surface area (Å²) in [4.78, 5) is 0. The van der Waals surface area contributed by atoms with Crippen LogP contribution in [0.2, 0.25) is 0 Å². The predicted octanol–water partition coefficient (Wildman–Crippen LogP) is 1.70. The molecular formula is C13H16N2O2. The molecule has 4 heteroatoms. The molecule has 1 atom stereocenters. The van der Waals surface area contributed by atoms with E-state index in [1.54, 1.807) is 25.3 Å². The van der Waals surface area contributed by atoms with Crippen molar-refractivity contribution in [3.05, 3.63) is 23.8 Å². The van der Waals surface area contributed by atoms with Crippen LogP contribution in [0.1, 0.15) is 18.4 Å². The minimum absolute atomic E-state index is 0.423. The summed E-state index contributed by atoms with van der Waals surface area (Å²) in [6.45, 7) is 1.70. The van der Waals surface area contributed by atoms with Crippen LogP contribution >= 0.6 is 0 Å². The Morgan fingerprint density at radius 3 is 2.88 bits per heavy atom. The first-order valence-electron chi connectivity index (χ1n) is 5.77. The molecule has 0 spiro atoms. The van der Waals surface area contributed by atoms with Crippen LogP contribution in [0, 0.1) is 11.3 Å². The van der Waals surface area contributed by atoms with E-state index in [9.17, 15) is 0 Å². The van der Waals surface area contributed by atoms with E-state index in [1.807, 2.05) is 0 Å². The molecular weight excluding hydrogens is 216 g/mol. The first-order chi connectivity index (χ1) is 8.31. The summed E-state index contributed by atoms with van der Waals surface area (Å²) in [6, 6.07) is 7.75. The molecule has 90 valence electrons. The molecule has 1 aromatic carbocycles. The molecule has 0 saturated carbocycles. The third-order valence-corrected chi connectivity index (χ3v) is 2.86. The zero-order valence-corrected chi connectivity index (χ0v) is 9.90. The van der Waals surface area contributed by atoms with Gasteiger partial charge >= 0.3 is 0 Å². The zero-order chi connectivity index (χ0) is 12.1. The van der Waals surface area contributed by atoms with E-state index in [-0.39, 0.29) is 0 Å². The molecule has 1 fully saturated rings. The van der Waals surface area contributed by atoms with Gasteiger partial charge in [0.05, 0.1) is 18.7 Å². The lowest BCUT2D eigenvalue weighted by molar-refractivity contribution is 0.275. The Hall–Kier alpha value is -1.73. The van der Waals surface area contributed by atoms with E-state index in [1.165, 1.54) is 6.42 Å². The maximum absolute atomic E-state index is 8.89. The van der Waals surface area contributed by atoms with E-state index in [2.05, 4.69) is 11.4 Å². The van der Waals surface area contributed by atoms with Gasteiger partial charge in [0.15, 0.2) is 0 Å². The molecule has 1 aliphatic rings. The Kier molecular flexibility index (Phi) is 3.84. The Morgan fingerprint density at radius 1 is 1.41 bits per heavy atom. The molecule has 1 saturated heterocycles. The maximum atomic E-state index is 8.89. The van der Waals surface area contributed by atoms with Gasteiger partial charge in [0.2, 0.25) is 0 Å². The van der Waals surface area contributed by atoms with Crippen molar-refractivity contribution in [2.24, 2.45) is 0 Å². The fraction of sp³-hybridized carbons (Fsp3) is 0.462. The summed E-state index contributed by atoms with van der Waals surface area (Å²) >= 11 is 0. The average molecular weight is 232 g/mol. The molecule has 0 aromatic heterocycles. The molecule has 1 unspecified atom stereocenters. The number of ether oxygens (including phenoxy) is 2. The third-order valence-electron chi connectivity index (χ3n) is 2.86. The van der Waals surface area contributed by atoms with Crippen molar-refractivity contribution in [3.8, 4) is 17.6 Å². The van der Waals surface area contributed by atoms with Gasteiger partial charge in [-0.3, -0.25) is 0 Å². The number of nitriles is 1. The van der Waals surface area contributed by atoms with E-state index in [4.69, 9.17) is 14.7 Å². The van der Waals surface area contributed by atoms with Crippen molar-refractivity contribution in [2.75, 3.05) is 20.3 Å². The molecule has 17 heavy (non-hydrogen) atoms. The van der Waals surface area contributed by atoms with Crippen LogP contribution in [0.5, 0.6) is 11.5 Å². The lowest BCUT2D eigenvalue weighted by Crippen LogP contribution is -2.28. The quantitative estimate of drug-likeness (QED) is 0.858. The smallest absolute Gasteiger partial charge is 0.124 e. The van der Waals surface area contributed by atoms with Crippen LogP contribution in [0.25, 0.3) is 0 Å². The lowest BCUT2D eigenvalue weighted by atomic mass is 10.2. The monoisotopic (exact) mass is 232 g/mol. The summed E-state index contributed by atoms with van der Waals surface area (Å²) in [5.41, 5.74) is 0.554. The second-order valence-electron chi connectivity index (χ2n) is 4.11. The van der Waals surface area contributed by atoms with E-state index in [0.717, 1.165) is 13.0 Å². The fourth-order valence-corrected chi connectivity index (χ4v) is 1.93. The number of hydrogen-bond acceptors (Lipinski definition) is 4. The normalized spacial score (nSPS) is 18.7. The third kappa shape index (κ3) is 3.11. The molecule has 0 radical (unpaired) electrons. The maximum Gasteiger partial charge on any atom is 0.124 e. The average Bonchev–Trinajstić information content (AvgIpc) is 2.89. The van der Waals surface area contributed by atoms with Crippen molar-refractivity contribution >= 4 is 0 Å². The van der Waals surface area contributed by atoms with Crippen molar-refractivity contribution in [3.63, 3.8) is 0 Å². The second-order valence-corrected chi connectivity index (χ2v) is 4.11. The van der Waals surface area contributed by atoms with Gasteiger partial charge in [-0.1, -0.05) is 0 Å². The molecule has 4 nitrogen and oxygen atoms in total. The van der Waals surface area contributed by atoms with Crippen LogP contribution in [-0.4, -0.2) is 26.3 Å². The number of hydrogen-bond donors (Lipinski definition) is 1. The van der Waals surface area contributed by atoms with E-state index >= 15 is 0 Å². The van der Waals surface area contributed by atoms with Crippen LogP contribution in [0.3, 0.4) is 0 Å². The van der Waals surface area contributed by atoms with Gasteiger partial charge in [0, 0.05) is 12.1 Å². The van der Waals surface area contributed by atoms with Crippen molar-refractivity contribution in [1.29, 1.82) is 5.26 Å². The van der Waals surface area contributed by atoms with Crippen molar-refractivity contribution in [2.45, 2.75) is 18.9 Å². The summed E-state index contributed by atoms with van der Waals surface area (Å²) < 4.78 is 10.8. The van der Waals surface area contributed by atoms with Gasteiger partial charge in [0.1, 0.15) is 18.1 Å². The highest BCUT2D eigenvalue weighted by molar-refractivity contribution is 5.43. The number of methoxy groups -OCH3 is 1. The standard InChI is InChI=1S/C13H16N2O2/c1-16-12-5-10(8-14)6-13(7-12)17-9-11-3-2-4-15-11/h5-7,11,15H,2-4,9H2,1H3. The Bertz CT molecular complexity index is 420. The zero-order valence-electron chi connectivity index (χ0n) is 9.90. The van der Waals surface area contributed by atoms with Gasteiger partial charge in [-0.2, -0.15) is 5.26 Å². The van der Waals surface area contributed by atoms with E-state index < -0.39 is 0 Å². The van der Waals surface area contributed by atoms with Crippen LogP contribution < -0.4 is 14.8 Å². The highest BCUT2D eigenvalue weighted by Crippen LogP contribution is 2.22. The minimum atomic E-state index is 0.423. The highest BCUT2D eigenvalue weighted by Gasteiger charge is 2.14. The van der Waals surface area contributed by atoms with Crippen LogP contribution in [-0.2, 0) is 0 Å². The Morgan fingerprint density at radius 2 is 2.24 bits per heavy atom. The molecule has 0 bridgehead atoms. The first kappa shape index (κ1) is 11.7. The van der Waals surface area contributed by atoms with Gasteiger partial charge in [-0.25, -0.2) is 0 Å². The summed E-state index contributed by atoms with van der Waals surface area (Å²) in [6.07, 6.45) is 2.35. The Labute approximate surface area is 101 Å². The van der Waals surface area contributed by atoms with Crippen molar-refractivity contribution in [1.82, 2.24) is 5.32 Å². The summed E-state index contributed by atoms with van der Waals surface area (Å²) in [7, 11) is 1.58. The predicted molar refractivity (Wildman–Crippen MR) is 64.2 cm³/mol. The number of benzene rings is 1. The topological polar surface area (TPSA) is 54.3 Å². The molecule has 1 N–H and O–H groups in total. The molecule has 1 aromatic rings. The highest BCUT2D eigenvalue weighted by atomic mass is 16.5. The molecule has 1 heterocycles. The van der Waals surface area contributed by atoms with Gasteiger partial charge in [-0.15, -0.1) is 0 Å². The summed E-state index contributed by atoms with van der Waals surface area (Å²) in [5.74, 6) is 1.34. The minimum Gasteiger partial charge on any atom is -0.497 e. The van der Waals surface area contributed by atoms with Crippen LogP contribution in [0.4, 0.5) is 0 Å². The first-order valence-corrected chi connectivity index (χ1v) is 5.77. The van der Waals surface area contributed by atoms with Gasteiger partial charge in [0.25, 0.3) is 0 Å². The molecule has 0 amide bonds. The number of nitrogens with one attached hydrogen (secondary N) is 1. The van der Waals surface area contributed by atoms with Crippen LogP contribution in [0.15, 0.2) is 18.2 Å². The fourth-order valence-electron chi connectivity index (χ4n) is 1.93. The second kappa shape index (κ2) is 5.55. The van der Waals surface area contributed by atoms with Gasteiger partial charge < -0.3 is 14.8 Å². The molecule has 2 rings (SSSR count). The molecule has 1 aliphatic heterocycles.